The molecule has 0 amide bonds. The van der Waals surface area contributed by atoms with Gasteiger partial charge in [0.05, 0.1) is 0 Å². The van der Waals surface area contributed by atoms with Crippen molar-refractivity contribution in [3.63, 3.8) is 0 Å². The molecular weight excluding hydrogens is 242 g/mol. The number of benzene rings is 1. The first-order valence-corrected chi connectivity index (χ1v) is 8.35. The van der Waals surface area contributed by atoms with Gasteiger partial charge in [-0.15, -0.1) is 0 Å². The lowest BCUT2D eigenvalue weighted by Crippen LogP contribution is -2.31. The molecule has 1 heteroatoms. The van der Waals surface area contributed by atoms with Gasteiger partial charge in [0.2, 0.25) is 0 Å². The molecule has 2 rings (SSSR count). The van der Waals surface area contributed by atoms with Crippen LogP contribution in [-0.4, -0.2) is 7.05 Å². The van der Waals surface area contributed by atoms with E-state index >= 15 is 0 Å². The van der Waals surface area contributed by atoms with Crippen LogP contribution in [0.1, 0.15) is 82.4 Å². The minimum Gasteiger partial charge on any atom is -0.313 e. The van der Waals surface area contributed by atoms with E-state index in [4.69, 9.17) is 0 Å². The highest BCUT2D eigenvalue weighted by atomic mass is 14.9. The summed E-state index contributed by atoms with van der Waals surface area (Å²) in [7, 11) is 2.08. The molecule has 0 spiro atoms. The van der Waals surface area contributed by atoms with Gasteiger partial charge in [0.1, 0.15) is 0 Å². The van der Waals surface area contributed by atoms with E-state index in [1.165, 1.54) is 44.1 Å². The summed E-state index contributed by atoms with van der Waals surface area (Å²) in [4.78, 5) is 0. The van der Waals surface area contributed by atoms with Crippen molar-refractivity contribution in [1.82, 2.24) is 5.32 Å². The first-order valence-electron chi connectivity index (χ1n) is 8.35. The molecule has 1 N–H and O–H groups in total. The second-order valence-corrected chi connectivity index (χ2v) is 7.07. The van der Waals surface area contributed by atoms with Crippen molar-refractivity contribution in [2.45, 2.75) is 71.3 Å². The van der Waals surface area contributed by atoms with Gasteiger partial charge in [0.25, 0.3) is 0 Å². The predicted octanol–water partition coefficient (Wildman–Crippen LogP) is 5.43. The van der Waals surface area contributed by atoms with Crippen LogP contribution in [0.15, 0.2) is 24.3 Å². The summed E-state index contributed by atoms with van der Waals surface area (Å²) in [6.07, 6.45) is 8.21. The topological polar surface area (TPSA) is 12.0 Å². The van der Waals surface area contributed by atoms with E-state index in [2.05, 4.69) is 57.4 Å². The van der Waals surface area contributed by atoms with Gasteiger partial charge in [-0.25, -0.2) is 0 Å². The fourth-order valence-electron chi connectivity index (χ4n) is 3.61. The Balaban J connectivity index is 2.14. The van der Waals surface area contributed by atoms with E-state index in [9.17, 15) is 0 Å². The maximum atomic E-state index is 3.51. The normalized spacial score (nSPS) is 19.0. The molecule has 1 saturated carbocycles. The second-order valence-electron chi connectivity index (χ2n) is 7.07. The minimum absolute atomic E-state index is 0.293. The van der Waals surface area contributed by atoms with Crippen molar-refractivity contribution in [2.24, 2.45) is 5.41 Å². The number of rotatable bonds is 5. The van der Waals surface area contributed by atoms with E-state index < -0.39 is 0 Å². The van der Waals surface area contributed by atoms with Crippen LogP contribution in [0.3, 0.4) is 0 Å². The molecule has 112 valence electrons. The van der Waals surface area contributed by atoms with Crippen molar-refractivity contribution < 1.29 is 0 Å². The third kappa shape index (κ3) is 3.44. The summed E-state index contributed by atoms with van der Waals surface area (Å²) >= 11 is 0. The van der Waals surface area contributed by atoms with Crippen LogP contribution in [0.25, 0.3) is 0 Å². The van der Waals surface area contributed by atoms with Crippen LogP contribution >= 0.6 is 0 Å². The van der Waals surface area contributed by atoms with Gasteiger partial charge < -0.3 is 5.32 Å². The lowest BCUT2D eigenvalue weighted by atomic mass is 9.77. The molecule has 0 bridgehead atoms. The summed E-state index contributed by atoms with van der Waals surface area (Å²) in [5.41, 5.74) is 3.28. The van der Waals surface area contributed by atoms with Gasteiger partial charge >= 0.3 is 0 Å². The molecule has 1 atom stereocenters. The van der Waals surface area contributed by atoms with Gasteiger partial charge in [-0.2, -0.15) is 0 Å². The molecule has 0 heterocycles. The Labute approximate surface area is 125 Å². The number of hydrogen-bond acceptors (Lipinski definition) is 1. The molecule has 1 fully saturated rings. The molecule has 0 saturated heterocycles. The number of hydrogen-bond donors (Lipinski definition) is 1. The van der Waals surface area contributed by atoms with Crippen molar-refractivity contribution in [3.05, 3.63) is 35.4 Å². The van der Waals surface area contributed by atoms with Gasteiger partial charge in [-0.1, -0.05) is 64.3 Å². The summed E-state index contributed by atoms with van der Waals surface area (Å²) in [6.45, 7) is 6.98. The predicted molar refractivity (Wildman–Crippen MR) is 88.1 cm³/mol. The standard InChI is InChI=1S/C19H31N/c1-5-19(2,3)18(20-4)17-13-11-16(12-14-17)15-9-7-6-8-10-15/h11-15,18,20H,5-10H2,1-4H3. The molecule has 1 aromatic rings. The third-order valence-electron chi connectivity index (χ3n) is 5.33. The largest absolute Gasteiger partial charge is 0.313 e. The molecule has 0 radical (unpaired) electrons. The maximum absolute atomic E-state index is 3.51. The van der Waals surface area contributed by atoms with E-state index in [0.717, 1.165) is 5.92 Å². The Hall–Kier alpha value is -0.820. The van der Waals surface area contributed by atoms with E-state index in [-0.39, 0.29) is 0 Å². The van der Waals surface area contributed by atoms with Crippen LogP contribution in [-0.2, 0) is 0 Å². The molecular formula is C19H31N. The van der Waals surface area contributed by atoms with Gasteiger partial charge in [-0.05, 0) is 48.8 Å². The Kier molecular flexibility index (Phi) is 5.26. The van der Waals surface area contributed by atoms with Crippen LogP contribution < -0.4 is 5.32 Å². The monoisotopic (exact) mass is 273 g/mol. The molecule has 20 heavy (non-hydrogen) atoms. The SMILES string of the molecule is CCC(C)(C)C(NC)c1ccc(C2CCCCC2)cc1. The Morgan fingerprint density at radius 1 is 1.10 bits per heavy atom. The van der Waals surface area contributed by atoms with Gasteiger partial charge in [0.15, 0.2) is 0 Å². The minimum atomic E-state index is 0.293. The van der Waals surface area contributed by atoms with Gasteiger partial charge in [0, 0.05) is 6.04 Å². The summed E-state index contributed by atoms with van der Waals surface area (Å²) in [6, 6.07) is 9.89. The zero-order valence-corrected chi connectivity index (χ0v) is 13.7. The smallest absolute Gasteiger partial charge is 0.0369 e. The van der Waals surface area contributed by atoms with Crippen molar-refractivity contribution in [3.8, 4) is 0 Å². The first kappa shape index (κ1) is 15.6. The van der Waals surface area contributed by atoms with Crippen LogP contribution in [0, 0.1) is 5.41 Å². The lowest BCUT2D eigenvalue weighted by molar-refractivity contribution is 0.245. The quantitative estimate of drug-likeness (QED) is 0.754. The average Bonchev–Trinajstić information content (AvgIpc) is 2.49. The fraction of sp³-hybridized carbons (Fsp3) is 0.684. The van der Waals surface area contributed by atoms with Crippen molar-refractivity contribution in [1.29, 1.82) is 0 Å². The molecule has 0 aromatic heterocycles. The molecule has 1 unspecified atom stereocenters. The molecule has 1 nitrogen and oxygen atoms in total. The Bertz CT molecular complexity index is 398. The summed E-state index contributed by atoms with van der Waals surface area (Å²) in [5.74, 6) is 0.810. The van der Waals surface area contributed by atoms with Crippen molar-refractivity contribution >= 4 is 0 Å². The Morgan fingerprint density at radius 2 is 1.70 bits per heavy atom. The summed E-state index contributed by atoms with van der Waals surface area (Å²) in [5, 5.41) is 3.51. The number of nitrogens with one attached hydrogen (secondary N) is 1. The average molecular weight is 273 g/mol. The highest BCUT2D eigenvalue weighted by Gasteiger charge is 2.27. The molecule has 1 aliphatic rings. The zero-order chi connectivity index (χ0) is 14.6. The van der Waals surface area contributed by atoms with E-state index in [0.29, 0.717) is 11.5 Å². The van der Waals surface area contributed by atoms with Crippen LogP contribution in [0.5, 0.6) is 0 Å². The second kappa shape index (κ2) is 6.76. The summed E-state index contributed by atoms with van der Waals surface area (Å²) < 4.78 is 0. The van der Waals surface area contributed by atoms with Gasteiger partial charge in [-0.3, -0.25) is 0 Å². The van der Waals surface area contributed by atoms with Crippen molar-refractivity contribution in [2.75, 3.05) is 7.05 Å². The molecule has 0 aliphatic heterocycles. The highest BCUT2D eigenvalue weighted by Crippen LogP contribution is 2.37. The van der Waals surface area contributed by atoms with Crippen LogP contribution in [0.2, 0.25) is 0 Å². The first-order chi connectivity index (χ1) is 9.58. The third-order valence-corrected chi connectivity index (χ3v) is 5.33. The lowest BCUT2D eigenvalue weighted by Gasteiger charge is -2.34. The zero-order valence-electron chi connectivity index (χ0n) is 13.7. The molecule has 1 aliphatic carbocycles. The van der Waals surface area contributed by atoms with E-state index in [1.807, 2.05) is 0 Å². The van der Waals surface area contributed by atoms with Crippen LogP contribution in [0.4, 0.5) is 0 Å². The maximum Gasteiger partial charge on any atom is 0.0369 e. The Morgan fingerprint density at radius 3 is 2.20 bits per heavy atom. The highest BCUT2D eigenvalue weighted by molar-refractivity contribution is 5.28. The molecule has 1 aromatic carbocycles. The van der Waals surface area contributed by atoms with E-state index in [1.54, 1.807) is 5.56 Å². The fourth-order valence-corrected chi connectivity index (χ4v) is 3.61.